The Bertz CT molecular complexity index is 284. The van der Waals surface area contributed by atoms with E-state index in [1.807, 2.05) is 0 Å². The summed E-state index contributed by atoms with van der Waals surface area (Å²) < 4.78 is 0. The maximum absolute atomic E-state index is 11.4. The number of carboxylic acids is 1. The highest BCUT2D eigenvalue weighted by Crippen LogP contribution is 2.13. The van der Waals surface area contributed by atoms with E-state index in [1.54, 1.807) is 4.90 Å². The molecule has 4 heteroatoms. The van der Waals surface area contributed by atoms with Crippen LogP contribution in [0.5, 0.6) is 0 Å². The zero-order valence-electron chi connectivity index (χ0n) is 7.90. The Morgan fingerprint density at radius 2 is 1.86 bits per heavy atom. The van der Waals surface area contributed by atoms with Crippen molar-refractivity contribution in [2.24, 2.45) is 0 Å². The number of carbonyl (C=O) groups excluding carboxylic acids is 1. The number of amides is 1. The highest BCUT2D eigenvalue weighted by molar-refractivity contribution is 5.93. The zero-order chi connectivity index (χ0) is 10.6. The summed E-state index contributed by atoms with van der Waals surface area (Å²) in [6.45, 7) is 5.11. The van der Waals surface area contributed by atoms with Crippen LogP contribution in [0.3, 0.4) is 0 Å². The Balaban J connectivity index is 2.46. The Hall–Kier alpha value is -1.58. The maximum atomic E-state index is 11.4. The highest BCUT2D eigenvalue weighted by Gasteiger charge is 2.15. The summed E-state index contributed by atoms with van der Waals surface area (Å²) in [5, 5.41) is 8.33. The van der Waals surface area contributed by atoms with Crippen molar-refractivity contribution in [1.82, 2.24) is 4.90 Å². The topological polar surface area (TPSA) is 57.6 Å². The molecule has 0 atom stereocenters. The summed E-state index contributed by atoms with van der Waals surface area (Å²) in [6, 6.07) is 0. The number of aliphatic carboxylic acids is 1. The van der Waals surface area contributed by atoms with Gasteiger partial charge in [0.1, 0.15) is 0 Å². The van der Waals surface area contributed by atoms with Gasteiger partial charge in [-0.3, -0.25) is 4.79 Å². The molecule has 76 valence electrons. The minimum absolute atomic E-state index is 0.236. The Morgan fingerprint density at radius 3 is 2.36 bits per heavy atom. The number of rotatable bonds is 2. The minimum atomic E-state index is -1.10. The summed E-state index contributed by atoms with van der Waals surface area (Å²) in [6.07, 6.45) is 3.58. The molecule has 0 radical (unpaired) electrons. The molecule has 0 aliphatic carbocycles. The molecule has 4 nitrogen and oxygen atoms in total. The van der Waals surface area contributed by atoms with Crippen molar-refractivity contribution in [3.8, 4) is 0 Å². The third-order valence-electron chi connectivity index (χ3n) is 2.15. The molecule has 0 bridgehead atoms. The average molecular weight is 195 g/mol. The molecular formula is C10H13NO3. The van der Waals surface area contributed by atoms with Crippen molar-refractivity contribution in [3.05, 3.63) is 24.3 Å². The van der Waals surface area contributed by atoms with Crippen LogP contribution >= 0.6 is 0 Å². The van der Waals surface area contributed by atoms with E-state index in [0.29, 0.717) is 13.1 Å². The summed E-state index contributed by atoms with van der Waals surface area (Å²) in [4.78, 5) is 23.2. The van der Waals surface area contributed by atoms with E-state index < -0.39 is 5.97 Å². The van der Waals surface area contributed by atoms with Crippen molar-refractivity contribution in [2.75, 3.05) is 13.1 Å². The molecule has 1 amide bonds. The first-order valence-electron chi connectivity index (χ1n) is 4.46. The van der Waals surface area contributed by atoms with Crippen LogP contribution in [0.4, 0.5) is 0 Å². The van der Waals surface area contributed by atoms with Crippen molar-refractivity contribution in [2.45, 2.75) is 12.8 Å². The molecule has 1 fully saturated rings. The largest absolute Gasteiger partial charge is 0.478 e. The van der Waals surface area contributed by atoms with E-state index in [1.165, 1.54) is 0 Å². The fraction of sp³-hybridized carbons (Fsp3) is 0.400. The monoisotopic (exact) mass is 195 g/mol. The van der Waals surface area contributed by atoms with Crippen LogP contribution in [-0.4, -0.2) is 35.0 Å². The average Bonchev–Trinajstić information content (AvgIpc) is 2.15. The SMILES string of the molecule is C=C1CCN(C(=O)/C=C\C(=O)O)CC1. The van der Waals surface area contributed by atoms with Gasteiger partial charge in [-0.05, 0) is 12.8 Å². The molecule has 1 saturated heterocycles. The lowest BCUT2D eigenvalue weighted by Gasteiger charge is -2.26. The standard InChI is InChI=1S/C10H13NO3/c1-8-4-6-11(7-5-8)9(12)2-3-10(13)14/h2-3H,1,4-7H2,(H,13,14)/b3-2-. The van der Waals surface area contributed by atoms with Crippen LogP contribution < -0.4 is 0 Å². The van der Waals surface area contributed by atoms with Crippen molar-refractivity contribution < 1.29 is 14.7 Å². The predicted molar refractivity (Wildman–Crippen MR) is 51.7 cm³/mol. The molecule has 0 aromatic heterocycles. The number of piperidine rings is 1. The summed E-state index contributed by atoms with van der Waals surface area (Å²) in [5.74, 6) is -1.33. The van der Waals surface area contributed by atoms with Gasteiger partial charge in [-0.15, -0.1) is 0 Å². The van der Waals surface area contributed by atoms with Gasteiger partial charge in [-0.2, -0.15) is 0 Å². The van der Waals surface area contributed by atoms with E-state index in [9.17, 15) is 9.59 Å². The molecule has 1 heterocycles. The molecule has 1 aliphatic heterocycles. The van der Waals surface area contributed by atoms with E-state index >= 15 is 0 Å². The van der Waals surface area contributed by atoms with Gasteiger partial charge in [0.2, 0.25) is 5.91 Å². The molecule has 0 aromatic rings. The fourth-order valence-corrected chi connectivity index (χ4v) is 1.29. The van der Waals surface area contributed by atoms with E-state index in [0.717, 1.165) is 30.6 Å². The van der Waals surface area contributed by atoms with Gasteiger partial charge >= 0.3 is 5.97 Å². The molecule has 0 aromatic carbocycles. The van der Waals surface area contributed by atoms with Gasteiger partial charge < -0.3 is 10.0 Å². The molecule has 1 rings (SSSR count). The van der Waals surface area contributed by atoms with E-state index in [2.05, 4.69) is 6.58 Å². The number of carbonyl (C=O) groups is 2. The van der Waals surface area contributed by atoms with Gasteiger partial charge in [0.15, 0.2) is 0 Å². The second kappa shape index (κ2) is 4.60. The maximum Gasteiger partial charge on any atom is 0.328 e. The van der Waals surface area contributed by atoms with Crippen molar-refractivity contribution in [3.63, 3.8) is 0 Å². The molecule has 0 saturated carbocycles. The number of nitrogens with zero attached hydrogens (tertiary/aromatic N) is 1. The summed E-state index contributed by atoms with van der Waals surface area (Å²) in [7, 11) is 0. The Labute approximate surface area is 82.5 Å². The molecule has 14 heavy (non-hydrogen) atoms. The minimum Gasteiger partial charge on any atom is -0.478 e. The quantitative estimate of drug-likeness (QED) is 0.524. The Morgan fingerprint density at radius 1 is 1.29 bits per heavy atom. The van der Waals surface area contributed by atoms with E-state index in [-0.39, 0.29) is 5.91 Å². The van der Waals surface area contributed by atoms with Gasteiger partial charge in [-0.1, -0.05) is 12.2 Å². The van der Waals surface area contributed by atoms with Gasteiger partial charge in [0, 0.05) is 25.2 Å². The van der Waals surface area contributed by atoms with Crippen LogP contribution in [0.25, 0.3) is 0 Å². The van der Waals surface area contributed by atoms with Gasteiger partial charge in [-0.25, -0.2) is 4.79 Å². The zero-order valence-corrected chi connectivity index (χ0v) is 7.90. The van der Waals surface area contributed by atoms with Crippen LogP contribution in [0.1, 0.15) is 12.8 Å². The second-order valence-electron chi connectivity index (χ2n) is 3.25. The number of carboxylic acid groups (broad SMARTS) is 1. The lowest BCUT2D eigenvalue weighted by atomic mass is 10.1. The van der Waals surface area contributed by atoms with E-state index in [4.69, 9.17) is 5.11 Å². The van der Waals surface area contributed by atoms with Gasteiger partial charge in [0.25, 0.3) is 0 Å². The third kappa shape index (κ3) is 3.05. The Kier molecular flexibility index (Phi) is 3.45. The van der Waals surface area contributed by atoms with Crippen LogP contribution in [0.15, 0.2) is 24.3 Å². The smallest absolute Gasteiger partial charge is 0.328 e. The first kappa shape index (κ1) is 10.5. The normalized spacial score (nSPS) is 17.4. The first-order chi connectivity index (χ1) is 6.59. The lowest BCUT2D eigenvalue weighted by Crippen LogP contribution is -2.35. The fourth-order valence-electron chi connectivity index (χ4n) is 1.29. The van der Waals surface area contributed by atoms with Crippen LogP contribution in [0.2, 0.25) is 0 Å². The predicted octanol–water partition coefficient (Wildman–Crippen LogP) is 0.806. The number of likely N-dealkylation sites (tertiary alicyclic amines) is 1. The summed E-state index contributed by atoms with van der Waals surface area (Å²) >= 11 is 0. The molecule has 0 unspecified atom stereocenters. The van der Waals surface area contributed by atoms with Crippen LogP contribution in [0, 0.1) is 0 Å². The molecule has 0 spiro atoms. The van der Waals surface area contributed by atoms with Crippen LogP contribution in [-0.2, 0) is 9.59 Å². The molecular weight excluding hydrogens is 182 g/mol. The lowest BCUT2D eigenvalue weighted by molar-refractivity contribution is -0.132. The summed E-state index contributed by atoms with van der Waals surface area (Å²) in [5.41, 5.74) is 1.15. The van der Waals surface area contributed by atoms with Gasteiger partial charge in [0.05, 0.1) is 0 Å². The first-order valence-corrected chi connectivity index (χ1v) is 4.46. The number of hydrogen-bond donors (Lipinski definition) is 1. The van der Waals surface area contributed by atoms with Crippen molar-refractivity contribution in [1.29, 1.82) is 0 Å². The third-order valence-corrected chi connectivity index (χ3v) is 2.15. The second-order valence-corrected chi connectivity index (χ2v) is 3.25. The number of hydrogen-bond acceptors (Lipinski definition) is 2. The molecule has 1 aliphatic rings. The highest BCUT2D eigenvalue weighted by atomic mass is 16.4. The van der Waals surface area contributed by atoms with Crippen molar-refractivity contribution >= 4 is 11.9 Å². The molecule has 1 N–H and O–H groups in total.